The molecule has 0 saturated carbocycles. The van der Waals surface area contributed by atoms with Crippen molar-refractivity contribution in [3.05, 3.63) is 0 Å². The summed E-state index contributed by atoms with van der Waals surface area (Å²) < 4.78 is 0. The van der Waals surface area contributed by atoms with Gasteiger partial charge in [-0.1, -0.05) is 0 Å². The van der Waals surface area contributed by atoms with Crippen LogP contribution in [0.1, 0.15) is 0 Å². The van der Waals surface area contributed by atoms with Crippen molar-refractivity contribution in [3.63, 3.8) is 0 Å². The van der Waals surface area contributed by atoms with E-state index in [1.807, 2.05) is 0 Å². The first-order valence-electron chi connectivity index (χ1n) is 19.0. The average Bonchev–Trinajstić information content (AvgIpc) is 3.96. The van der Waals surface area contributed by atoms with Crippen molar-refractivity contribution < 1.29 is 0 Å². The summed E-state index contributed by atoms with van der Waals surface area (Å²) >= 11 is 0. The summed E-state index contributed by atoms with van der Waals surface area (Å²) in [7, 11) is 25.1. The van der Waals surface area contributed by atoms with Crippen LogP contribution < -0.4 is 0 Å². The molecule has 18 nitrogen and oxygen atoms in total. The normalized spacial score (nSPS) is 20.9. The van der Waals surface area contributed by atoms with Gasteiger partial charge in [-0.05, 0) is 0 Å². The molecule has 6 aliphatic heterocycles. The minimum absolute atomic E-state index is 0.621. The Morgan fingerprint density at radius 2 is 0.296 bits per heavy atom. The second-order valence-electron chi connectivity index (χ2n) is 15.6. The molecule has 54 heavy (non-hydrogen) atoms. The summed E-state index contributed by atoms with van der Waals surface area (Å²) in [5.41, 5.74) is 3.72. The molecule has 6 heterocycles. The van der Waals surface area contributed by atoms with Gasteiger partial charge in [0.05, 0.1) is 0 Å². The third-order valence-electron chi connectivity index (χ3n) is 11.3. The molecule has 0 radical (unpaired) electrons. The van der Waals surface area contributed by atoms with Crippen LogP contribution in [0.2, 0.25) is 0 Å². The van der Waals surface area contributed by atoms with Gasteiger partial charge in [-0.3, -0.25) is 0 Å². The molecule has 18 heteroatoms. The smallest absolute Gasteiger partial charge is 0.201 e. The minimum atomic E-state index is 0.621. The second kappa shape index (κ2) is 14.6. The van der Waals surface area contributed by atoms with Crippen LogP contribution in [0, 0.1) is 0 Å². The summed E-state index contributed by atoms with van der Waals surface area (Å²) in [4.78, 5) is 59.8. The first-order valence-corrected chi connectivity index (χ1v) is 19.0. The first kappa shape index (κ1) is 37.2. The van der Waals surface area contributed by atoms with Gasteiger partial charge in [0, 0.05) is 163 Å². The van der Waals surface area contributed by atoms with E-state index in [1.165, 1.54) is 0 Å². The van der Waals surface area contributed by atoms with Crippen LogP contribution in [0.15, 0.2) is 30.0 Å². The molecule has 6 fully saturated rings. The average molecular weight is 745 g/mol. The lowest BCUT2D eigenvalue weighted by Crippen LogP contribution is -2.29. The van der Waals surface area contributed by atoms with Gasteiger partial charge < -0.3 is 58.8 Å². The SMILES string of the molecule is CN1CCN(C)C1=Nc1c(N=C2N(C)CCN2C)c(N=C2N(C)CCN2C)c(N=C2N(C)CCN2C)c(N=C2N(C)CCN2C)c1N=C1N(C)CCN1C. The molecule has 0 bridgehead atoms. The first-order chi connectivity index (χ1) is 25.7. The summed E-state index contributed by atoms with van der Waals surface area (Å²) in [5, 5.41) is 0. The van der Waals surface area contributed by atoms with Crippen molar-refractivity contribution in [1.82, 2.24) is 58.8 Å². The van der Waals surface area contributed by atoms with Crippen molar-refractivity contribution in [2.45, 2.75) is 0 Å². The Bertz CT molecular complexity index is 1390. The molecule has 0 aliphatic carbocycles. The maximum absolute atomic E-state index is 5.57. The van der Waals surface area contributed by atoms with E-state index in [0.717, 1.165) is 114 Å². The Labute approximate surface area is 321 Å². The van der Waals surface area contributed by atoms with E-state index in [2.05, 4.69) is 143 Å². The zero-order valence-electron chi connectivity index (χ0n) is 34.5. The highest BCUT2D eigenvalue weighted by Gasteiger charge is 2.35. The number of nitrogens with zero attached hydrogens (tertiary/aromatic N) is 18. The van der Waals surface area contributed by atoms with Gasteiger partial charge in [0.25, 0.3) is 0 Å². The molecule has 1 aromatic rings. The van der Waals surface area contributed by atoms with Gasteiger partial charge in [0.1, 0.15) is 34.1 Å². The Morgan fingerprint density at radius 1 is 0.204 bits per heavy atom. The van der Waals surface area contributed by atoms with Gasteiger partial charge >= 0.3 is 0 Å². The molecule has 0 unspecified atom stereocenters. The van der Waals surface area contributed by atoms with Crippen LogP contribution in [0.5, 0.6) is 0 Å². The fourth-order valence-corrected chi connectivity index (χ4v) is 7.68. The van der Waals surface area contributed by atoms with Gasteiger partial charge in [0.2, 0.25) is 35.8 Å². The monoisotopic (exact) mass is 745 g/mol. The predicted molar refractivity (Wildman–Crippen MR) is 221 cm³/mol. The summed E-state index contributed by atoms with van der Waals surface area (Å²) in [5.74, 6) is 5.06. The molecule has 294 valence electrons. The van der Waals surface area contributed by atoms with Crippen LogP contribution in [-0.2, 0) is 0 Å². The van der Waals surface area contributed by atoms with Crippen molar-refractivity contribution in [3.8, 4) is 0 Å². The van der Waals surface area contributed by atoms with Gasteiger partial charge in [-0.25, -0.2) is 30.0 Å². The van der Waals surface area contributed by atoms with E-state index in [9.17, 15) is 0 Å². The Morgan fingerprint density at radius 3 is 0.389 bits per heavy atom. The molecular formula is C36H60N18. The van der Waals surface area contributed by atoms with E-state index < -0.39 is 0 Å². The lowest BCUT2D eigenvalue weighted by atomic mass is 10.1. The van der Waals surface area contributed by atoms with E-state index in [1.54, 1.807) is 0 Å². The fourth-order valence-electron chi connectivity index (χ4n) is 7.68. The molecule has 1 aromatic carbocycles. The van der Waals surface area contributed by atoms with Crippen LogP contribution in [0.4, 0.5) is 34.1 Å². The highest BCUT2D eigenvalue weighted by Crippen LogP contribution is 2.59. The van der Waals surface area contributed by atoms with Gasteiger partial charge in [-0.15, -0.1) is 0 Å². The van der Waals surface area contributed by atoms with Crippen molar-refractivity contribution >= 4 is 69.9 Å². The molecule has 0 amide bonds. The van der Waals surface area contributed by atoms with E-state index in [0.29, 0.717) is 34.1 Å². The predicted octanol–water partition coefficient (Wildman–Crippen LogP) is 0.875. The third-order valence-corrected chi connectivity index (χ3v) is 11.3. The maximum atomic E-state index is 5.57. The zero-order chi connectivity index (χ0) is 38.6. The molecule has 0 atom stereocenters. The van der Waals surface area contributed by atoms with Crippen molar-refractivity contribution in [2.75, 3.05) is 163 Å². The molecule has 6 aliphatic rings. The van der Waals surface area contributed by atoms with Crippen molar-refractivity contribution in [2.24, 2.45) is 30.0 Å². The highest BCUT2D eigenvalue weighted by atomic mass is 15.5. The van der Waals surface area contributed by atoms with E-state index in [4.69, 9.17) is 30.0 Å². The minimum Gasteiger partial charge on any atom is -0.344 e. The number of hydrogen-bond acceptors (Lipinski definition) is 6. The van der Waals surface area contributed by atoms with Gasteiger partial charge in [0.15, 0.2) is 0 Å². The molecule has 0 N–H and O–H groups in total. The van der Waals surface area contributed by atoms with Crippen LogP contribution in [0.25, 0.3) is 0 Å². The zero-order valence-corrected chi connectivity index (χ0v) is 34.5. The molecule has 7 rings (SSSR count). The Kier molecular flexibility index (Phi) is 10.0. The Balaban J connectivity index is 1.72. The molecular weight excluding hydrogens is 685 g/mol. The summed E-state index contributed by atoms with van der Waals surface area (Å²) in [6.07, 6.45) is 0. The molecule has 0 spiro atoms. The third kappa shape index (κ3) is 6.74. The largest absolute Gasteiger partial charge is 0.344 e. The van der Waals surface area contributed by atoms with E-state index >= 15 is 0 Å². The fraction of sp³-hybridized carbons (Fsp3) is 0.667. The van der Waals surface area contributed by atoms with Gasteiger partial charge in [-0.2, -0.15) is 0 Å². The van der Waals surface area contributed by atoms with Crippen LogP contribution >= 0.6 is 0 Å². The number of guanidine groups is 6. The summed E-state index contributed by atoms with van der Waals surface area (Å²) in [6.45, 7) is 10.3. The second-order valence-corrected chi connectivity index (χ2v) is 15.6. The number of rotatable bonds is 6. The quantitative estimate of drug-likeness (QED) is 0.413. The standard InChI is InChI=1S/C36H60N18/c1-43-13-14-44(2)31(43)37-25-26(38-32-45(3)15-16-46(32)4)28(40-34-49(7)19-20-50(34)8)30(42-36-53(11)23-24-54(36)12)29(41-35-51(9)21-22-52(35)10)27(25)39-33-47(5)17-18-48(33)6/h13-24H2,1-12H3. The van der Waals surface area contributed by atoms with E-state index in [-0.39, 0.29) is 0 Å². The lowest BCUT2D eigenvalue weighted by molar-refractivity contribution is 0.553. The molecule has 0 aromatic heterocycles. The number of aliphatic imine (C=N–C) groups is 6. The Hall–Kier alpha value is -5.16. The number of likely N-dealkylation sites (N-methyl/N-ethyl adjacent to an activating group) is 12. The summed E-state index contributed by atoms with van der Waals surface area (Å²) in [6, 6.07) is 0. The van der Waals surface area contributed by atoms with Crippen LogP contribution in [-0.4, -0.2) is 258 Å². The number of benzene rings is 1. The van der Waals surface area contributed by atoms with Crippen molar-refractivity contribution in [1.29, 1.82) is 0 Å². The lowest BCUT2D eigenvalue weighted by Gasteiger charge is -2.25. The highest BCUT2D eigenvalue weighted by molar-refractivity contribution is 6.10. The number of hydrogen-bond donors (Lipinski definition) is 0. The maximum Gasteiger partial charge on any atom is 0.201 e. The molecule has 6 saturated heterocycles. The topological polar surface area (TPSA) is 113 Å². The van der Waals surface area contributed by atoms with Crippen LogP contribution in [0.3, 0.4) is 0 Å².